The number of nitrogens with zero attached hydrogens (tertiary/aromatic N) is 3. The van der Waals surface area contributed by atoms with E-state index in [1.54, 1.807) is 12.1 Å². The molecule has 7 aromatic rings. The fourth-order valence-electron chi connectivity index (χ4n) is 6.51. The van der Waals surface area contributed by atoms with E-state index in [1.807, 2.05) is 84.3 Å². The number of sulfone groups is 1. The molecule has 0 amide bonds. The van der Waals surface area contributed by atoms with E-state index >= 15 is 0 Å². The first-order valence-electron chi connectivity index (χ1n) is 13.9. The molecule has 0 aliphatic carbocycles. The lowest BCUT2D eigenvalue weighted by Crippen LogP contribution is -2.16. The van der Waals surface area contributed by atoms with Crippen LogP contribution in [0, 0.1) is 11.3 Å². The van der Waals surface area contributed by atoms with Gasteiger partial charge in [0, 0.05) is 6.42 Å². The van der Waals surface area contributed by atoms with Gasteiger partial charge in [0.05, 0.1) is 38.1 Å². The summed E-state index contributed by atoms with van der Waals surface area (Å²) in [4.78, 5) is 5.34. The molecule has 1 aliphatic heterocycles. The molecule has 0 radical (unpaired) electrons. The summed E-state index contributed by atoms with van der Waals surface area (Å²) in [5.74, 6) is 0.837. The number of hydrogen-bond acceptors (Lipinski definition) is 4. The molecule has 5 nitrogen and oxygen atoms in total. The summed E-state index contributed by atoms with van der Waals surface area (Å²) in [6, 6.07) is 37.5. The number of aryl methyl sites for hydroxylation is 1. The highest BCUT2D eigenvalue weighted by molar-refractivity contribution is 7.92. The lowest BCUT2D eigenvalue weighted by molar-refractivity contribution is 0.594. The molecule has 0 saturated heterocycles. The second-order valence-electron chi connectivity index (χ2n) is 10.6. The third kappa shape index (κ3) is 3.29. The molecular formula is C36H23N3O2S. The fourth-order valence-corrected chi connectivity index (χ4v) is 8.17. The van der Waals surface area contributed by atoms with Crippen molar-refractivity contribution in [3.8, 4) is 34.0 Å². The van der Waals surface area contributed by atoms with Crippen LogP contribution in [0.1, 0.15) is 18.3 Å². The number of benzene rings is 6. The maximum atomic E-state index is 14.1. The Morgan fingerprint density at radius 2 is 1.31 bits per heavy atom. The minimum Gasteiger partial charge on any atom is -0.294 e. The van der Waals surface area contributed by atoms with Gasteiger partial charge in [-0.1, -0.05) is 79.7 Å². The second-order valence-corrected chi connectivity index (χ2v) is 12.4. The summed E-state index contributed by atoms with van der Waals surface area (Å²) in [5.41, 5.74) is 6.53. The van der Waals surface area contributed by atoms with Crippen LogP contribution in [0.15, 0.2) is 119 Å². The van der Waals surface area contributed by atoms with Gasteiger partial charge in [-0.2, -0.15) is 5.26 Å². The second kappa shape index (κ2) is 8.87. The van der Waals surface area contributed by atoms with Crippen LogP contribution in [0.5, 0.6) is 0 Å². The van der Waals surface area contributed by atoms with Crippen molar-refractivity contribution < 1.29 is 8.42 Å². The molecule has 0 spiro atoms. The van der Waals surface area contributed by atoms with E-state index in [4.69, 9.17) is 4.98 Å². The van der Waals surface area contributed by atoms with Crippen molar-refractivity contribution in [1.82, 2.24) is 9.55 Å². The van der Waals surface area contributed by atoms with Crippen LogP contribution >= 0.6 is 0 Å². The average molecular weight is 562 g/mol. The lowest BCUT2D eigenvalue weighted by Gasteiger charge is -2.23. The molecule has 0 unspecified atom stereocenters. The van der Waals surface area contributed by atoms with Crippen LogP contribution in [0.3, 0.4) is 0 Å². The van der Waals surface area contributed by atoms with Crippen molar-refractivity contribution in [2.75, 3.05) is 0 Å². The quantitative estimate of drug-likeness (QED) is 0.204. The van der Waals surface area contributed by atoms with Crippen LogP contribution in [-0.4, -0.2) is 18.0 Å². The molecule has 0 N–H and O–H groups in total. The van der Waals surface area contributed by atoms with Gasteiger partial charge in [0.15, 0.2) is 0 Å². The van der Waals surface area contributed by atoms with E-state index in [1.165, 1.54) is 0 Å². The summed E-state index contributed by atoms with van der Waals surface area (Å²) in [7, 11) is -3.78. The molecule has 0 bridgehead atoms. The normalized spacial score (nSPS) is 13.3. The van der Waals surface area contributed by atoms with Gasteiger partial charge in [-0.05, 0) is 80.2 Å². The van der Waals surface area contributed by atoms with Crippen LogP contribution < -0.4 is 0 Å². The van der Waals surface area contributed by atoms with Crippen molar-refractivity contribution in [3.05, 3.63) is 121 Å². The SMILES string of the molecule is CCc1nc2cccc3c2n1-c1ccc(-c2c4ccccc4c(-c4ccc(C#N)cc4)c4ccccc24)cc1S3(=O)=O. The maximum absolute atomic E-state index is 14.1. The first kappa shape index (κ1) is 24.5. The van der Waals surface area contributed by atoms with E-state index in [2.05, 4.69) is 30.3 Å². The first-order valence-corrected chi connectivity index (χ1v) is 15.3. The minimum atomic E-state index is -3.78. The topological polar surface area (TPSA) is 75.8 Å². The fraction of sp³-hybridized carbons (Fsp3) is 0.0556. The summed E-state index contributed by atoms with van der Waals surface area (Å²) in [6.07, 6.45) is 0.682. The van der Waals surface area contributed by atoms with Crippen LogP contribution in [0.2, 0.25) is 0 Å². The Balaban J connectivity index is 1.45. The molecule has 8 rings (SSSR count). The van der Waals surface area contributed by atoms with Crippen molar-refractivity contribution in [2.24, 2.45) is 0 Å². The first-order chi connectivity index (χ1) is 20.5. The molecular weight excluding hydrogens is 538 g/mol. The highest BCUT2D eigenvalue weighted by Crippen LogP contribution is 2.46. The van der Waals surface area contributed by atoms with E-state index in [0.717, 1.165) is 49.6 Å². The molecule has 42 heavy (non-hydrogen) atoms. The monoisotopic (exact) mass is 561 g/mol. The van der Waals surface area contributed by atoms with Crippen LogP contribution in [-0.2, 0) is 16.3 Å². The summed E-state index contributed by atoms with van der Waals surface area (Å²) in [6.45, 7) is 2.04. The molecule has 1 aliphatic rings. The number of imidazole rings is 1. The van der Waals surface area contributed by atoms with Crippen molar-refractivity contribution in [3.63, 3.8) is 0 Å². The largest absolute Gasteiger partial charge is 0.294 e. The van der Waals surface area contributed by atoms with Gasteiger partial charge >= 0.3 is 0 Å². The Labute approximate surface area is 242 Å². The zero-order valence-corrected chi connectivity index (χ0v) is 23.5. The van der Waals surface area contributed by atoms with Gasteiger partial charge in [-0.25, -0.2) is 13.4 Å². The Bertz CT molecular complexity index is 2360. The number of fused-ring (bicyclic) bond motifs is 4. The number of aromatic nitrogens is 2. The van der Waals surface area contributed by atoms with Crippen molar-refractivity contribution in [2.45, 2.75) is 23.1 Å². The third-order valence-corrected chi connectivity index (χ3v) is 10.1. The van der Waals surface area contributed by atoms with Gasteiger partial charge in [0.1, 0.15) is 5.82 Å². The third-order valence-electron chi connectivity index (χ3n) is 8.33. The van der Waals surface area contributed by atoms with Gasteiger partial charge in [-0.15, -0.1) is 0 Å². The summed E-state index contributed by atoms with van der Waals surface area (Å²) in [5, 5.41) is 13.5. The molecule has 6 aromatic carbocycles. The average Bonchev–Trinajstić information content (AvgIpc) is 3.42. The van der Waals surface area contributed by atoms with Crippen LogP contribution in [0.4, 0.5) is 0 Å². The van der Waals surface area contributed by atoms with Gasteiger partial charge in [-0.3, -0.25) is 4.57 Å². The predicted molar refractivity (Wildman–Crippen MR) is 166 cm³/mol. The highest BCUT2D eigenvalue weighted by Gasteiger charge is 2.33. The van der Waals surface area contributed by atoms with Crippen LogP contribution in [0.25, 0.3) is 60.5 Å². The molecule has 6 heteroatoms. The number of para-hydroxylation sites is 1. The maximum Gasteiger partial charge on any atom is 0.210 e. The molecule has 0 saturated carbocycles. The number of nitriles is 1. The lowest BCUT2D eigenvalue weighted by atomic mass is 9.86. The zero-order valence-electron chi connectivity index (χ0n) is 22.7. The zero-order chi connectivity index (χ0) is 28.6. The Morgan fingerprint density at radius 1 is 0.714 bits per heavy atom. The van der Waals surface area contributed by atoms with Gasteiger partial charge in [0.2, 0.25) is 9.84 Å². The number of rotatable bonds is 3. The minimum absolute atomic E-state index is 0.289. The number of hydrogen-bond donors (Lipinski definition) is 0. The molecule has 1 aromatic heterocycles. The van der Waals surface area contributed by atoms with E-state index in [-0.39, 0.29) is 4.90 Å². The summed E-state index contributed by atoms with van der Waals surface area (Å²) < 4.78 is 30.2. The standard InChI is InChI=1S/C36H23N3O2S/c1-2-33-38-29-12-7-13-31-36(29)39(33)30-19-18-24(20-32(30)42(31,40)41)35-27-10-5-3-8-25(27)34(26-9-4-6-11-28(26)35)23-16-14-22(21-37)15-17-23/h3-20H,2H2,1H3. The molecule has 200 valence electrons. The Hall–Kier alpha value is -5.25. The molecule has 2 heterocycles. The van der Waals surface area contributed by atoms with E-state index in [0.29, 0.717) is 33.6 Å². The van der Waals surface area contributed by atoms with Gasteiger partial charge < -0.3 is 0 Å². The van der Waals surface area contributed by atoms with E-state index in [9.17, 15) is 13.7 Å². The predicted octanol–water partition coefficient (Wildman–Crippen LogP) is 8.25. The highest BCUT2D eigenvalue weighted by atomic mass is 32.2. The van der Waals surface area contributed by atoms with Crippen molar-refractivity contribution >= 4 is 42.4 Å². The Morgan fingerprint density at radius 3 is 1.90 bits per heavy atom. The molecule has 0 fully saturated rings. The molecule has 0 atom stereocenters. The van der Waals surface area contributed by atoms with Crippen molar-refractivity contribution in [1.29, 1.82) is 5.26 Å². The van der Waals surface area contributed by atoms with Gasteiger partial charge in [0.25, 0.3) is 0 Å². The smallest absolute Gasteiger partial charge is 0.210 e. The Kier molecular flexibility index (Phi) is 5.18. The van der Waals surface area contributed by atoms with E-state index < -0.39 is 9.84 Å². The summed E-state index contributed by atoms with van der Waals surface area (Å²) >= 11 is 0.